The number of carbonyl (C=O) groups is 2. The Morgan fingerprint density at radius 1 is 1.21 bits per heavy atom. The van der Waals surface area contributed by atoms with Gasteiger partial charge in [0.2, 0.25) is 11.8 Å². The summed E-state index contributed by atoms with van der Waals surface area (Å²) in [4.78, 5) is 34.6. The van der Waals surface area contributed by atoms with Crippen molar-refractivity contribution in [2.45, 2.75) is 0 Å². The van der Waals surface area contributed by atoms with Gasteiger partial charge >= 0.3 is 0 Å². The number of hydrogen-bond acceptors (Lipinski definition) is 6. The van der Waals surface area contributed by atoms with Crippen LogP contribution in [0.3, 0.4) is 0 Å². The molecule has 0 radical (unpaired) electrons. The first-order chi connectivity index (χ1) is 13.7. The molecular weight excluding hydrogens is 360 g/mol. The largest absolute Gasteiger partial charge is 0.481 e. The van der Waals surface area contributed by atoms with E-state index in [4.69, 9.17) is 4.74 Å². The fourth-order valence-corrected chi connectivity index (χ4v) is 2.97. The third kappa shape index (κ3) is 3.41. The average Bonchev–Trinajstić information content (AvgIpc) is 3.19. The maximum absolute atomic E-state index is 12.9. The molecule has 142 valence electrons. The van der Waals surface area contributed by atoms with E-state index in [2.05, 4.69) is 20.4 Å². The van der Waals surface area contributed by atoms with Crippen LogP contribution < -0.4 is 10.1 Å². The fraction of sp³-hybridized carbons (Fsp3) is 0.211. The van der Waals surface area contributed by atoms with Gasteiger partial charge in [-0.05, 0) is 24.3 Å². The molecule has 1 fully saturated rings. The van der Waals surface area contributed by atoms with E-state index in [1.165, 1.54) is 4.90 Å². The molecule has 2 amide bonds. The maximum Gasteiger partial charge on any atom is 0.274 e. The van der Waals surface area contributed by atoms with Crippen LogP contribution in [0.4, 0.5) is 0 Å². The van der Waals surface area contributed by atoms with Crippen LogP contribution in [-0.2, 0) is 4.79 Å². The van der Waals surface area contributed by atoms with E-state index in [9.17, 15) is 9.59 Å². The molecule has 4 heterocycles. The highest BCUT2D eigenvalue weighted by Crippen LogP contribution is 2.23. The number of carbonyl (C=O) groups excluding carboxylic acids is 2. The minimum atomic E-state index is -0.299. The molecule has 28 heavy (non-hydrogen) atoms. The Balaban J connectivity index is 1.75. The second-order valence-corrected chi connectivity index (χ2v) is 6.18. The highest BCUT2D eigenvalue weighted by molar-refractivity contribution is 5.96. The molecule has 3 aromatic heterocycles. The summed E-state index contributed by atoms with van der Waals surface area (Å²) in [5, 5.41) is 7.19. The number of hydrogen-bond donors (Lipinski definition) is 1. The first kappa shape index (κ1) is 17.7. The predicted octanol–water partition coefficient (Wildman–Crippen LogP) is 0.910. The lowest BCUT2D eigenvalue weighted by Gasteiger charge is -2.25. The van der Waals surface area contributed by atoms with Crippen molar-refractivity contribution in [1.29, 1.82) is 0 Å². The molecule has 1 aliphatic heterocycles. The number of amides is 2. The number of ether oxygens (including phenoxy) is 1. The number of piperazine rings is 1. The van der Waals surface area contributed by atoms with Crippen LogP contribution in [0.2, 0.25) is 0 Å². The molecule has 9 nitrogen and oxygen atoms in total. The Kier molecular flexibility index (Phi) is 4.71. The highest BCUT2D eigenvalue weighted by atomic mass is 16.5. The Morgan fingerprint density at radius 2 is 2.11 bits per heavy atom. The summed E-state index contributed by atoms with van der Waals surface area (Å²) in [6.45, 7) is 0.899. The van der Waals surface area contributed by atoms with E-state index in [1.54, 1.807) is 42.4 Å². The predicted molar refractivity (Wildman–Crippen MR) is 100 cm³/mol. The number of nitrogens with one attached hydrogen (secondary N) is 1. The van der Waals surface area contributed by atoms with Gasteiger partial charge in [0.25, 0.3) is 5.91 Å². The van der Waals surface area contributed by atoms with Gasteiger partial charge in [0, 0.05) is 25.4 Å². The molecule has 0 unspecified atom stereocenters. The minimum Gasteiger partial charge on any atom is -0.481 e. The topological polar surface area (TPSA) is 102 Å². The van der Waals surface area contributed by atoms with Gasteiger partial charge in [0.15, 0.2) is 5.69 Å². The van der Waals surface area contributed by atoms with Gasteiger partial charge in [-0.3, -0.25) is 14.6 Å². The quantitative estimate of drug-likeness (QED) is 0.724. The molecule has 0 saturated carbocycles. The van der Waals surface area contributed by atoms with Crippen LogP contribution in [0.15, 0.2) is 48.8 Å². The summed E-state index contributed by atoms with van der Waals surface area (Å²) >= 11 is 0. The van der Waals surface area contributed by atoms with Gasteiger partial charge in [0.05, 0.1) is 36.9 Å². The third-order valence-electron chi connectivity index (χ3n) is 4.36. The van der Waals surface area contributed by atoms with E-state index < -0.39 is 0 Å². The van der Waals surface area contributed by atoms with Crippen molar-refractivity contribution in [3.05, 3.63) is 54.5 Å². The van der Waals surface area contributed by atoms with Gasteiger partial charge in [0.1, 0.15) is 0 Å². The van der Waals surface area contributed by atoms with Crippen molar-refractivity contribution in [2.24, 2.45) is 0 Å². The minimum absolute atomic E-state index is 0.0225. The lowest BCUT2D eigenvalue weighted by atomic mass is 10.2. The van der Waals surface area contributed by atoms with E-state index in [-0.39, 0.29) is 24.1 Å². The third-order valence-corrected chi connectivity index (χ3v) is 4.36. The number of rotatable bonds is 4. The van der Waals surface area contributed by atoms with Crippen molar-refractivity contribution in [3.8, 4) is 23.0 Å². The van der Waals surface area contributed by atoms with Crippen LogP contribution in [0.1, 0.15) is 10.5 Å². The van der Waals surface area contributed by atoms with Gasteiger partial charge < -0.3 is 15.0 Å². The standard InChI is InChI=1S/C19H18N6O3/c1-28-18-6-5-13(11-22-18)25-16(14-4-2-3-7-20-14)10-15(23-25)19(27)24-9-8-21-17(26)12-24/h2-7,10-11H,8-9,12H2,1H3,(H,21,26). The van der Waals surface area contributed by atoms with Crippen molar-refractivity contribution in [2.75, 3.05) is 26.7 Å². The van der Waals surface area contributed by atoms with Crippen LogP contribution in [0, 0.1) is 0 Å². The van der Waals surface area contributed by atoms with Gasteiger partial charge in [-0.2, -0.15) is 5.10 Å². The summed E-state index contributed by atoms with van der Waals surface area (Å²) in [6, 6.07) is 10.7. The normalized spacial score (nSPS) is 13.9. The van der Waals surface area contributed by atoms with Crippen LogP contribution >= 0.6 is 0 Å². The Bertz CT molecular complexity index is 1000. The summed E-state index contributed by atoms with van der Waals surface area (Å²) in [6.07, 6.45) is 3.29. The first-order valence-corrected chi connectivity index (χ1v) is 8.73. The number of pyridine rings is 2. The summed E-state index contributed by atoms with van der Waals surface area (Å²) < 4.78 is 6.72. The molecule has 0 aliphatic carbocycles. The molecule has 9 heteroatoms. The zero-order chi connectivity index (χ0) is 19.5. The molecule has 4 rings (SSSR count). The molecule has 1 N–H and O–H groups in total. The van der Waals surface area contributed by atoms with E-state index >= 15 is 0 Å². The van der Waals surface area contributed by atoms with E-state index in [0.717, 1.165) is 0 Å². The van der Waals surface area contributed by atoms with Gasteiger partial charge in [-0.25, -0.2) is 9.67 Å². The molecule has 1 aliphatic rings. The number of aromatic nitrogens is 4. The van der Waals surface area contributed by atoms with Crippen molar-refractivity contribution in [3.63, 3.8) is 0 Å². The van der Waals surface area contributed by atoms with E-state index in [0.29, 0.717) is 36.0 Å². The maximum atomic E-state index is 12.9. The Labute approximate surface area is 161 Å². The highest BCUT2D eigenvalue weighted by Gasteiger charge is 2.26. The van der Waals surface area contributed by atoms with Crippen molar-refractivity contribution >= 4 is 11.8 Å². The summed E-state index contributed by atoms with van der Waals surface area (Å²) in [5.41, 5.74) is 2.22. The zero-order valence-electron chi connectivity index (χ0n) is 15.2. The summed E-state index contributed by atoms with van der Waals surface area (Å²) in [5.74, 6) is 0.00140. The Hall–Kier alpha value is -3.75. The van der Waals surface area contributed by atoms with Crippen molar-refractivity contribution < 1.29 is 14.3 Å². The number of methoxy groups -OCH3 is 1. The molecule has 0 bridgehead atoms. The monoisotopic (exact) mass is 378 g/mol. The molecule has 3 aromatic rings. The van der Waals surface area contributed by atoms with Crippen LogP contribution in [-0.4, -0.2) is 63.2 Å². The second-order valence-electron chi connectivity index (χ2n) is 6.18. The molecule has 0 spiro atoms. The van der Waals surface area contributed by atoms with Crippen molar-refractivity contribution in [1.82, 2.24) is 30.0 Å². The molecule has 0 atom stereocenters. The first-order valence-electron chi connectivity index (χ1n) is 8.73. The smallest absolute Gasteiger partial charge is 0.274 e. The van der Waals surface area contributed by atoms with Crippen LogP contribution in [0.5, 0.6) is 5.88 Å². The SMILES string of the molecule is COc1ccc(-n2nc(C(=O)N3CCNC(=O)C3)cc2-c2ccccn2)cn1. The molecule has 0 aromatic carbocycles. The van der Waals surface area contributed by atoms with Gasteiger partial charge in [-0.1, -0.05) is 6.07 Å². The molecular formula is C19H18N6O3. The fourth-order valence-electron chi connectivity index (χ4n) is 2.97. The average molecular weight is 378 g/mol. The van der Waals surface area contributed by atoms with Gasteiger partial charge in [-0.15, -0.1) is 0 Å². The molecule has 1 saturated heterocycles. The van der Waals surface area contributed by atoms with E-state index in [1.807, 2.05) is 18.2 Å². The number of nitrogens with zero attached hydrogens (tertiary/aromatic N) is 5. The summed E-state index contributed by atoms with van der Waals surface area (Å²) in [7, 11) is 1.54. The Morgan fingerprint density at radius 3 is 2.79 bits per heavy atom. The second kappa shape index (κ2) is 7.47. The zero-order valence-corrected chi connectivity index (χ0v) is 15.2. The lowest BCUT2D eigenvalue weighted by molar-refractivity contribution is -0.123. The van der Waals surface area contributed by atoms with Crippen LogP contribution in [0.25, 0.3) is 17.1 Å². The lowest BCUT2D eigenvalue weighted by Crippen LogP contribution is -2.50.